The average molecular weight is 328 g/mol. The first-order valence-electron chi connectivity index (χ1n) is 7.43. The quantitative estimate of drug-likeness (QED) is 0.496. The number of allylic oxidation sites excluding steroid dienone is 4. The van der Waals surface area contributed by atoms with Crippen molar-refractivity contribution < 1.29 is 9.90 Å². The summed E-state index contributed by atoms with van der Waals surface area (Å²) in [4.78, 5) is 15.5. The topological polar surface area (TPSA) is 73.7 Å². The van der Waals surface area contributed by atoms with Crippen LogP contribution in [0, 0.1) is 5.41 Å². The van der Waals surface area contributed by atoms with Crippen molar-refractivity contribution in [2.75, 3.05) is 20.1 Å². The molecule has 0 aliphatic heterocycles. The van der Waals surface area contributed by atoms with Gasteiger partial charge in [-0.05, 0) is 17.6 Å². The molecule has 0 aromatic heterocycles. The number of carbonyl (C=O) groups is 1. The van der Waals surface area contributed by atoms with Crippen molar-refractivity contribution in [3.05, 3.63) is 23.5 Å². The standard InChI is InChI=1S/C16H26ClN3O2/c1-16(2,3)10-19-9-12(8-15(21)22)20-11-5-6-14(18-4)13(17)7-11/h5-6,13,18-19H,7-10H2,1-4H3,(H,21,22). The van der Waals surface area contributed by atoms with Gasteiger partial charge in [-0.3, -0.25) is 9.79 Å². The number of rotatable bonds is 7. The van der Waals surface area contributed by atoms with Gasteiger partial charge in [-0.2, -0.15) is 0 Å². The van der Waals surface area contributed by atoms with Gasteiger partial charge >= 0.3 is 5.97 Å². The summed E-state index contributed by atoms with van der Waals surface area (Å²) in [6.07, 6.45) is 4.30. The van der Waals surface area contributed by atoms with Crippen LogP contribution in [-0.2, 0) is 4.79 Å². The van der Waals surface area contributed by atoms with Crippen LogP contribution in [0.3, 0.4) is 0 Å². The molecule has 1 aliphatic rings. The largest absolute Gasteiger partial charge is 0.481 e. The zero-order chi connectivity index (χ0) is 16.8. The van der Waals surface area contributed by atoms with Crippen molar-refractivity contribution >= 4 is 23.3 Å². The minimum Gasteiger partial charge on any atom is -0.481 e. The lowest BCUT2D eigenvalue weighted by Crippen LogP contribution is -2.32. The third-order valence-electron chi connectivity index (χ3n) is 3.11. The first-order valence-corrected chi connectivity index (χ1v) is 7.86. The van der Waals surface area contributed by atoms with E-state index in [9.17, 15) is 4.79 Å². The first kappa shape index (κ1) is 18.7. The summed E-state index contributed by atoms with van der Waals surface area (Å²) in [5.41, 5.74) is 2.52. The van der Waals surface area contributed by atoms with Crippen LogP contribution in [0.5, 0.6) is 0 Å². The summed E-state index contributed by atoms with van der Waals surface area (Å²) in [7, 11) is 1.83. The summed E-state index contributed by atoms with van der Waals surface area (Å²) in [6, 6.07) is 0. The van der Waals surface area contributed by atoms with Crippen LogP contribution in [-0.4, -0.2) is 42.3 Å². The fourth-order valence-electron chi connectivity index (χ4n) is 2.08. The van der Waals surface area contributed by atoms with E-state index in [1.54, 1.807) is 0 Å². The first-order chi connectivity index (χ1) is 10.2. The van der Waals surface area contributed by atoms with Gasteiger partial charge < -0.3 is 15.7 Å². The van der Waals surface area contributed by atoms with E-state index >= 15 is 0 Å². The van der Waals surface area contributed by atoms with Crippen molar-refractivity contribution in [3.63, 3.8) is 0 Å². The van der Waals surface area contributed by atoms with E-state index < -0.39 is 5.97 Å². The Morgan fingerprint density at radius 2 is 2.14 bits per heavy atom. The molecule has 0 saturated heterocycles. The Morgan fingerprint density at radius 1 is 1.45 bits per heavy atom. The van der Waals surface area contributed by atoms with Gasteiger partial charge in [0.15, 0.2) is 0 Å². The number of hydrogen-bond donors (Lipinski definition) is 3. The van der Waals surface area contributed by atoms with Crippen LogP contribution in [0.25, 0.3) is 0 Å². The van der Waals surface area contributed by atoms with Gasteiger partial charge in [-0.1, -0.05) is 20.8 Å². The molecular weight excluding hydrogens is 302 g/mol. The molecule has 3 N–H and O–H groups in total. The van der Waals surface area contributed by atoms with Gasteiger partial charge in [0.1, 0.15) is 0 Å². The van der Waals surface area contributed by atoms with E-state index in [4.69, 9.17) is 16.7 Å². The molecule has 1 rings (SSSR count). The molecule has 6 heteroatoms. The zero-order valence-electron chi connectivity index (χ0n) is 13.7. The molecule has 0 bridgehead atoms. The monoisotopic (exact) mass is 327 g/mol. The van der Waals surface area contributed by atoms with E-state index in [0.717, 1.165) is 17.9 Å². The Bertz CT molecular complexity index is 490. The number of carboxylic acid groups (broad SMARTS) is 1. The Labute approximate surface area is 137 Å². The fraction of sp³-hybridized carbons (Fsp3) is 0.625. The average Bonchev–Trinajstić information content (AvgIpc) is 2.36. The highest BCUT2D eigenvalue weighted by Gasteiger charge is 2.17. The Hall–Kier alpha value is -1.33. The van der Waals surface area contributed by atoms with Crippen molar-refractivity contribution in [1.29, 1.82) is 0 Å². The van der Waals surface area contributed by atoms with Crippen molar-refractivity contribution in [2.24, 2.45) is 10.4 Å². The summed E-state index contributed by atoms with van der Waals surface area (Å²) >= 11 is 6.26. The van der Waals surface area contributed by atoms with Gasteiger partial charge in [-0.15, -0.1) is 11.6 Å². The number of alkyl halides is 1. The van der Waals surface area contributed by atoms with Gasteiger partial charge in [0, 0.05) is 43.7 Å². The maximum Gasteiger partial charge on any atom is 0.309 e. The second-order valence-corrected chi connectivity index (χ2v) is 7.14. The predicted molar refractivity (Wildman–Crippen MR) is 91.5 cm³/mol. The number of nitrogens with one attached hydrogen (secondary N) is 2. The zero-order valence-corrected chi connectivity index (χ0v) is 14.5. The number of carboxylic acids is 1. The minimum absolute atomic E-state index is 0.0654. The molecule has 0 spiro atoms. The summed E-state index contributed by atoms with van der Waals surface area (Å²) < 4.78 is 0. The molecule has 0 aromatic rings. The van der Waals surface area contributed by atoms with Crippen LogP contribution in [0.1, 0.15) is 33.6 Å². The lowest BCUT2D eigenvalue weighted by atomic mass is 9.97. The third kappa shape index (κ3) is 7.09. The number of aliphatic imine (C=N–C) groups is 1. The van der Waals surface area contributed by atoms with Crippen LogP contribution < -0.4 is 10.6 Å². The number of hydrogen-bond acceptors (Lipinski definition) is 4. The minimum atomic E-state index is -0.874. The van der Waals surface area contributed by atoms with Crippen LogP contribution in [0.2, 0.25) is 0 Å². The van der Waals surface area contributed by atoms with Crippen LogP contribution >= 0.6 is 11.6 Å². The Morgan fingerprint density at radius 3 is 2.64 bits per heavy atom. The highest BCUT2D eigenvalue weighted by Crippen LogP contribution is 2.23. The maximum atomic E-state index is 11.0. The lowest BCUT2D eigenvalue weighted by Gasteiger charge is -2.20. The number of aliphatic carboxylic acids is 1. The maximum absolute atomic E-state index is 11.0. The number of nitrogens with zero attached hydrogens (tertiary/aromatic N) is 1. The SMILES string of the molecule is CNC1=CC=C(N=C(CNCC(C)(C)C)CC(=O)O)CC1Cl. The van der Waals surface area contributed by atoms with Crippen LogP contribution in [0.4, 0.5) is 0 Å². The van der Waals surface area contributed by atoms with E-state index in [-0.39, 0.29) is 17.2 Å². The molecule has 124 valence electrons. The third-order valence-corrected chi connectivity index (χ3v) is 3.50. The highest BCUT2D eigenvalue weighted by atomic mass is 35.5. The summed E-state index contributed by atoms with van der Waals surface area (Å²) in [6.45, 7) is 7.64. The van der Waals surface area contributed by atoms with Crippen molar-refractivity contribution in [3.8, 4) is 0 Å². The smallest absolute Gasteiger partial charge is 0.309 e. The van der Waals surface area contributed by atoms with Gasteiger partial charge in [0.2, 0.25) is 0 Å². The fourth-order valence-corrected chi connectivity index (χ4v) is 2.42. The molecule has 0 amide bonds. The molecule has 22 heavy (non-hydrogen) atoms. The molecule has 0 heterocycles. The lowest BCUT2D eigenvalue weighted by molar-refractivity contribution is -0.135. The second-order valence-electron chi connectivity index (χ2n) is 6.61. The summed E-state index contributed by atoms with van der Waals surface area (Å²) in [5.74, 6) is -0.874. The van der Waals surface area contributed by atoms with Gasteiger partial charge in [-0.25, -0.2) is 0 Å². The molecule has 0 radical (unpaired) electrons. The van der Waals surface area contributed by atoms with Crippen LogP contribution in [0.15, 0.2) is 28.5 Å². The molecular formula is C16H26ClN3O2. The van der Waals surface area contributed by atoms with Crippen molar-refractivity contribution in [2.45, 2.75) is 39.0 Å². The second kappa shape index (κ2) is 8.34. The highest BCUT2D eigenvalue weighted by molar-refractivity contribution is 6.22. The molecule has 0 fully saturated rings. The van der Waals surface area contributed by atoms with E-state index in [1.165, 1.54) is 0 Å². The van der Waals surface area contributed by atoms with E-state index in [1.807, 2.05) is 19.2 Å². The Balaban J connectivity index is 2.76. The summed E-state index contributed by atoms with van der Waals surface area (Å²) in [5, 5.41) is 15.2. The molecule has 1 aliphatic carbocycles. The van der Waals surface area contributed by atoms with Gasteiger partial charge in [0.05, 0.1) is 11.8 Å². The molecule has 1 atom stereocenters. The van der Waals surface area contributed by atoms with Crippen molar-refractivity contribution in [1.82, 2.24) is 10.6 Å². The number of halogens is 1. The molecule has 1 unspecified atom stereocenters. The van der Waals surface area contributed by atoms with Gasteiger partial charge in [0.25, 0.3) is 0 Å². The van der Waals surface area contributed by atoms with E-state index in [2.05, 4.69) is 36.4 Å². The van der Waals surface area contributed by atoms with E-state index in [0.29, 0.717) is 18.7 Å². The molecule has 0 saturated carbocycles. The predicted octanol–water partition coefficient (Wildman–Crippen LogP) is 2.54. The Kier molecular flexibility index (Phi) is 7.10. The molecule has 0 aromatic carbocycles. The normalized spacial score (nSPS) is 19.5. The molecule has 5 nitrogen and oxygen atoms in total.